The van der Waals surface area contributed by atoms with Crippen LogP contribution in [-0.4, -0.2) is 40.2 Å². The van der Waals surface area contributed by atoms with Crippen molar-refractivity contribution in [2.24, 2.45) is 11.3 Å². The largest absolute Gasteiger partial charge is 0.512 e. The number of aliphatic hydroxyl groups excluding tert-OH is 4. The van der Waals surface area contributed by atoms with Gasteiger partial charge in [0.05, 0.1) is 25.2 Å². The van der Waals surface area contributed by atoms with Gasteiger partial charge in [0.1, 0.15) is 5.76 Å². The minimum absolute atomic E-state index is 0.123. The van der Waals surface area contributed by atoms with Crippen molar-refractivity contribution in [1.29, 1.82) is 0 Å². The Morgan fingerprint density at radius 1 is 1.25 bits per heavy atom. The SMILES string of the molecule is OCC(CO)(CO)C(O)=CC1C=CCCC1. The van der Waals surface area contributed by atoms with E-state index in [2.05, 4.69) is 6.08 Å². The number of aliphatic hydroxyl groups is 4. The van der Waals surface area contributed by atoms with Crippen LogP contribution >= 0.6 is 0 Å². The summed E-state index contributed by atoms with van der Waals surface area (Å²) >= 11 is 0. The van der Waals surface area contributed by atoms with Gasteiger partial charge in [0.2, 0.25) is 0 Å². The summed E-state index contributed by atoms with van der Waals surface area (Å²) in [5.41, 5.74) is -1.31. The molecule has 0 saturated heterocycles. The molecule has 4 heteroatoms. The second-order valence-electron chi connectivity index (χ2n) is 4.33. The first-order valence-electron chi connectivity index (χ1n) is 5.59. The van der Waals surface area contributed by atoms with Gasteiger partial charge in [0.15, 0.2) is 0 Å². The summed E-state index contributed by atoms with van der Waals surface area (Å²) in [6, 6.07) is 0. The lowest BCUT2D eigenvalue weighted by atomic mass is 9.85. The Hall–Kier alpha value is -0.840. The van der Waals surface area contributed by atoms with Crippen LogP contribution in [0.1, 0.15) is 19.3 Å². The van der Waals surface area contributed by atoms with Crippen LogP contribution in [0.5, 0.6) is 0 Å². The third-order valence-corrected chi connectivity index (χ3v) is 3.11. The van der Waals surface area contributed by atoms with E-state index in [1.54, 1.807) is 6.08 Å². The fourth-order valence-corrected chi connectivity index (χ4v) is 1.75. The smallest absolute Gasteiger partial charge is 0.102 e. The molecule has 0 aromatic rings. The van der Waals surface area contributed by atoms with E-state index in [0.29, 0.717) is 0 Å². The molecule has 0 amide bonds. The third kappa shape index (κ3) is 2.84. The zero-order valence-electron chi connectivity index (χ0n) is 9.34. The molecule has 1 rings (SSSR count). The summed E-state index contributed by atoms with van der Waals surface area (Å²) in [6.45, 7) is -1.42. The lowest BCUT2D eigenvalue weighted by Crippen LogP contribution is -2.36. The zero-order chi connectivity index (χ0) is 12.0. The standard InChI is InChI=1S/C12H20O4/c13-7-12(8-14,9-15)11(16)6-10-4-2-1-3-5-10/h2,4,6,10,13-16H,1,3,5,7-9H2. The summed E-state index contributed by atoms with van der Waals surface area (Å²) in [5.74, 6) is -0.00525. The van der Waals surface area contributed by atoms with E-state index < -0.39 is 25.2 Å². The van der Waals surface area contributed by atoms with Crippen molar-refractivity contribution in [3.63, 3.8) is 0 Å². The van der Waals surface area contributed by atoms with Gasteiger partial charge >= 0.3 is 0 Å². The number of hydrogen-bond donors (Lipinski definition) is 4. The Kier molecular flexibility index (Phi) is 4.99. The van der Waals surface area contributed by atoms with Gasteiger partial charge in [-0.15, -0.1) is 0 Å². The van der Waals surface area contributed by atoms with Gasteiger partial charge in [-0.25, -0.2) is 0 Å². The predicted molar refractivity (Wildman–Crippen MR) is 60.9 cm³/mol. The zero-order valence-corrected chi connectivity index (χ0v) is 9.34. The van der Waals surface area contributed by atoms with Crippen molar-refractivity contribution in [3.8, 4) is 0 Å². The molecule has 0 radical (unpaired) electrons. The highest BCUT2D eigenvalue weighted by Gasteiger charge is 2.33. The Morgan fingerprint density at radius 3 is 2.31 bits per heavy atom. The van der Waals surface area contributed by atoms with Gasteiger partial charge in [-0.05, 0) is 31.3 Å². The van der Waals surface area contributed by atoms with Crippen molar-refractivity contribution < 1.29 is 20.4 Å². The van der Waals surface area contributed by atoms with Crippen molar-refractivity contribution in [2.45, 2.75) is 19.3 Å². The second kappa shape index (κ2) is 6.03. The molecule has 4 nitrogen and oxygen atoms in total. The first kappa shape index (κ1) is 13.2. The molecule has 0 bridgehead atoms. The molecule has 16 heavy (non-hydrogen) atoms. The summed E-state index contributed by atoms with van der Waals surface area (Å²) in [4.78, 5) is 0. The Labute approximate surface area is 95.5 Å². The lowest BCUT2D eigenvalue weighted by molar-refractivity contribution is 0.00425. The maximum Gasteiger partial charge on any atom is 0.102 e. The maximum absolute atomic E-state index is 9.86. The molecule has 0 saturated carbocycles. The van der Waals surface area contributed by atoms with E-state index in [9.17, 15) is 5.11 Å². The first-order chi connectivity index (χ1) is 7.68. The van der Waals surface area contributed by atoms with Gasteiger partial charge in [-0.2, -0.15) is 0 Å². The van der Waals surface area contributed by atoms with E-state index in [4.69, 9.17) is 15.3 Å². The van der Waals surface area contributed by atoms with E-state index >= 15 is 0 Å². The molecular weight excluding hydrogens is 208 g/mol. The molecule has 1 aliphatic rings. The molecular formula is C12H20O4. The fraction of sp³-hybridized carbons (Fsp3) is 0.667. The number of hydrogen-bond acceptors (Lipinski definition) is 4. The summed E-state index contributed by atoms with van der Waals surface area (Å²) in [7, 11) is 0. The molecule has 0 aliphatic heterocycles. The number of rotatable bonds is 5. The molecule has 92 valence electrons. The Bertz CT molecular complexity index is 258. The molecule has 0 fully saturated rings. The maximum atomic E-state index is 9.86. The lowest BCUT2D eigenvalue weighted by Gasteiger charge is -2.27. The molecule has 0 heterocycles. The van der Waals surface area contributed by atoms with Crippen LogP contribution in [0.2, 0.25) is 0 Å². The van der Waals surface area contributed by atoms with Crippen LogP contribution in [0.25, 0.3) is 0 Å². The van der Waals surface area contributed by atoms with Crippen molar-refractivity contribution in [2.75, 3.05) is 19.8 Å². The van der Waals surface area contributed by atoms with E-state index in [0.717, 1.165) is 19.3 Å². The van der Waals surface area contributed by atoms with Gasteiger partial charge < -0.3 is 20.4 Å². The van der Waals surface area contributed by atoms with E-state index in [1.807, 2.05) is 6.08 Å². The van der Waals surface area contributed by atoms with Crippen LogP contribution < -0.4 is 0 Å². The molecule has 1 atom stereocenters. The normalized spacial score (nSPS) is 22.4. The fourth-order valence-electron chi connectivity index (χ4n) is 1.75. The van der Waals surface area contributed by atoms with Crippen LogP contribution in [-0.2, 0) is 0 Å². The van der Waals surface area contributed by atoms with Gasteiger partial charge in [0.25, 0.3) is 0 Å². The van der Waals surface area contributed by atoms with Crippen molar-refractivity contribution >= 4 is 0 Å². The minimum atomic E-state index is -1.31. The van der Waals surface area contributed by atoms with Crippen LogP contribution in [0.4, 0.5) is 0 Å². The summed E-state index contributed by atoms with van der Waals surface area (Å²) < 4.78 is 0. The average Bonchev–Trinajstić information content (AvgIpc) is 2.33. The highest BCUT2D eigenvalue weighted by Crippen LogP contribution is 2.27. The van der Waals surface area contributed by atoms with E-state index in [1.165, 1.54) is 0 Å². The highest BCUT2D eigenvalue weighted by atomic mass is 16.3. The summed E-state index contributed by atoms with van der Waals surface area (Å²) in [6.07, 6.45) is 8.72. The molecule has 4 N–H and O–H groups in total. The van der Waals surface area contributed by atoms with Crippen LogP contribution in [0.3, 0.4) is 0 Å². The molecule has 0 aromatic carbocycles. The van der Waals surface area contributed by atoms with Crippen molar-refractivity contribution in [1.82, 2.24) is 0 Å². The van der Waals surface area contributed by atoms with E-state index in [-0.39, 0.29) is 11.7 Å². The van der Waals surface area contributed by atoms with Gasteiger partial charge in [-0.1, -0.05) is 12.2 Å². The minimum Gasteiger partial charge on any atom is -0.512 e. The van der Waals surface area contributed by atoms with Gasteiger partial charge in [0, 0.05) is 0 Å². The third-order valence-electron chi connectivity index (χ3n) is 3.11. The first-order valence-corrected chi connectivity index (χ1v) is 5.59. The second-order valence-corrected chi connectivity index (χ2v) is 4.33. The van der Waals surface area contributed by atoms with Crippen molar-refractivity contribution in [3.05, 3.63) is 24.0 Å². The Morgan fingerprint density at radius 2 is 1.88 bits per heavy atom. The Balaban J connectivity index is 2.80. The summed E-state index contributed by atoms with van der Waals surface area (Å²) in [5, 5.41) is 37.3. The average molecular weight is 228 g/mol. The molecule has 1 unspecified atom stereocenters. The van der Waals surface area contributed by atoms with Crippen LogP contribution in [0.15, 0.2) is 24.0 Å². The topological polar surface area (TPSA) is 80.9 Å². The van der Waals surface area contributed by atoms with Gasteiger partial charge in [-0.3, -0.25) is 0 Å². The quantitative estimate of drug-likeness (QED) is 0.413. The number of allylic oxidation sites excluding steroid dienone is 3. The highest BCUT2D eigenvalue weighted by molar-refractivity contribution is 5.13. The molecule has 1 aliphatic carbocycles. The molecule has 0 aromatic heterocycles. The molecule has 0 spiro atoms. The predicted octanol–water partition coefficient (Wildman–Crippen LogP) is 0.748. The van der Waals surface area contributed by atoms with Crippen LogP contribution in [0, 0.1) is 11.3 Å². The monoisotopic (exact) mass is 228 g/mol.